The van der Waals surface area contributed by atoms with Crippen molar-refractivity contribution in [2.75, 3.05) is 0 Å². The van der Waals surface area contributed by atoms with Crippen LogP contribution in [0.5, 0.6) is 0 Å². The molecule has 3 saturated carbocycles. The number of fused-ring (bicyclic) bond motifs is 5. The monoisotopic (exact) mass is 404 g/mol. The van der Waals surface area contributed by atoms with Crippen molar-refractivity contribution in [2.45, 2.75) is 111 Å². The molecule has 0 aromatic rings. The van der Waals surface area contributed by atoms with Gasteiger partial charge in [-0.15, -0.1) is 11.6 Å². The van der Waals surface area contributed by atoms with Gasteiger partial charge in [0.15, 0.2) is 0 Å². The first-order valence-corrected chi connectivity index (χ1v) is 13.0. The van der Waals surface area contributed by atoms with Gasteiger partial charge in [0.1, 0.15) is 0 Å². The Hall–Kier alpha value is 0.0300. The van der Waals surface area contributed by atoms with E-state index in [2.05, 4.69) is 40.7 Å². The predicted molar refractivity (Wildman–Crippen MR) is 123 cm³/mol. The van der Waals surface area contributed by atoms with Gasteiger partial charge in [0.05, 0.1) is 0 Å². The molecule has 28 heavy (non-hydrogen) atoms. The number of halogens is 1. The quantitative estimate of drug-likeness (QED) is 0.317. The molecule has 0 aromatic heterocycles. The SMILES string of the molecule is CC(C)CCC[C@@H](C)C1CCC2C3CC=C4C[C@@H](Cl)CC[C@]4(C)C3CC[C@@]21C. The molecule has 0 aromatic carbocycles. The molecule has 0 aliphatic heterocycles. The van der Waals surface area contributed by atoms with Crippen LogP contribution in [0.15, 0.2) is 11.6 Å². The number of hydrogen-bond donors (Lipinski definition) is 0. The highest BCUT2D eigenvalue weighted by atomic mass is 35.5. The Bertz CT molecular complexity index is 591. The smallest absolute Gasteiger partial charge is 0.0373 e. The van der Waals surface area contributed by atoms with Crippen molar-refractivity contribution in [3.63, 3.8) is 0 Å². The molecule has 1 heteroatoms. The summed E-state index contributed by atoms with van der Waals surface area (Å²) in [6.45, 7) is 12.7. The Kier molecular flexibility index (Phi) is 6.03. The lowest BCUT2D eigenvalue weighted by Crippen LogP contribution is -2.50. The van der Waals surface area contributed by atoms with E-state index >= 15 is 0 Å². The maximum absolute atomic E-state index is 6.56. The van der Waals surface area contributed by atoms with Crippen molar-refractivity contribution in [3.05, 3.63) is 11.6 Å². The van der Waals surface area contributed by atoms with Gasteiger partial charge in [0, 0.05) is 5.38 Å². The van der Waals surface area contributed by atoms with Crippen molar-refractivity contribution in [2.24, 2.45) is 46.3 Å². The Balaban J connectivity index is 1.49. The molecule has 0 bridgehead atoms. The van der Waals surface area contributed by atoms with Gasteiger partial charge >= 0.3 is 0 Å². The minimum atomic E-state index is 0.396. The molecule has 0 nitrogen and oxygen atoms in total. The van der Waals surface area contributed by atoms with Crippen LogP contribution in [0, 0.1) is 46.3 Å². The van der Waals surface area contributed by atoms with Crippen LogP contribution in [0.2, 0.25) is 0 Å². The lowest BCUT2D eigenvalue weighted by atomic mass is 9.47. The summed E-state index contributed by atoms with van der Waals surface area (Å²) in [5.41, 5.74) is 2.82. The molecule has 3 fully saturated rings. The zero-order chi connectivity index (χ0) is 20.1. The van der Waals surface area contributed by atoms with Gasteiger partial charge in [0.2, 0.25) is 0 Å². The summed E-state index contributed by atoms with van der Waals surface area (Å²) in [4.78, 5) is 0. The first kappa shape index (κ1) is 21.3. The Morgan fingerprint density at radius 3 is 2.54 bits per heavy atom. The Morgan fingerprint density at radius 1 is 1.00 bits per heavy atom. The lowest BCUT2D eigenvalue weighted by Gasteiger charge is -2.58. The molecule has 0 N–H and O–H groups in total. The van der Waals surface area contributed by atoms with Gasteiger partial charge in [-0.2, -0.15) is 0 Å². The van der Waals surface area contributed by atoms with E-state index in [1.54, 1.807) is 5.57 Å². The molecule has 0 saturated heterocycles. The van der Waals surface area contributed by atoms with Gasteiger partial charge in [0.25, 0.3) is 0 Å². The molecule has 4 unspecified atom stereocenters. The van der Waals surface area contributed by atoms with E-state index in [-0.39, 0.29) is 0 Å². The average Bonchev–Trinajstić information content (AvgIpc) is 2.99. The molecule has 0 radical (unpaired) electrons. The predicted octanol–water partition coefficient (Wildman–Crippen LogP) is 8.64. The maximum Gasteiger partial charge on any atom is 0.0373 e. The molecule has 0 heterocycles. The highest BCUT2D eigenvalue weighted by Gasteiger charge is 2.58. The van der Waals surface area contributed by atoms with Crippen LogP contribution >= 0.6 is 11.6 Å². The van der Waals surface area contributed by atoms with Crippen molar-refractivity contribution in [3.8, 4) is 0 Å². The van der Waals surface area contributed by atoms with E-state index in [9.17, 15) is 0 Å². The highest BCUT2D eigenvalue weighted by Crippen LogP contribution is 2.67. The second-order valence-electron chi connectivity index (χ2n) is 12.1. The maximum atomic E-state index is 6.56. The molecule has 4 aliphatic carbocycles. The van der Waals surface area contributed by atoms with E-state index in [1.165, 1.54) is 70.6 Å². The third kappa shape index (κ3) is 3.52. The van der Waals surface area contributed by atoms with E-state index in [1.807, 2.05) is 0 Å². The lowest BCUT2D eigenvalue weighted by molar-refractivity contribution is -0.0498. The molecular formula is C27H45Cl. The first-order chi connectivity index (χ1) is 13.3. The summed E-state index contributed by atoms with van der Waals surface area (Å²) in [5, 5.41) is 0.396. The van der Waals surface area contributed by atoms with Crippen LogP contribution in [0.1, 0.15) is 105 Å². The van der Waals surface area contributed by atoms with E-state index in [0.29, 0.717) is 16.2 Å². The minimum Gasteiger partial charge on any atom is -0.123 e. The summed E-state index contributed by atoms with van der Waals surface area (Å²) in [6.07, 6.45) is 18.0. The standard InChI is InChI=1S/C27H45Cl/c1-18(2)7-6-8-19(3)23-11-12-24-22-10-9-20-17-21(28)13-15-26(20,4)25(22)14-16-27(23,24)5/h9,18-19,21-25H,6-8,10-17H2,1-5H3/t19-,21+,22?,23?,24?,25?,26+,27-/m1/s1. The molecule has 4 rings (SSSR count). The van der Waals surface area contributed by atoms with Crippen LogP contribution in [-0.4, -0.2) is 5.38 Å². The van der Waals surface area contributed by atoms with Crippen molar-refractivity contribution >= 4 is 11.6 Å². The van der Waals surface area contributed by atoms with Gasteiger partial charge in [-0.05, 0) is 97.7 Å². The second kappa shape index (κ2) is 7.94. The highest BCUT2D eigenvalue weighted by molar-refractivity contribution is 6.20. The molecule has 8 atom stereocenters. The second-order valence-corrected chi connectivity index (χ2v) is 12.7. The van der Waals surface area contributed by atoms with Crippen LogP contribution in [0.25, 0.3) is 0 Å². The molecule has 160 valence electrons. The van der Waals surface area contributed by atoms with Crippen LogP contribution in [0.3, 0.4) is 0 Å². The summed E-state index contributed by atoms with van der Waals surface area (Å²) >= 11 is 6.56. The van der Waals surface area contributed by atoms with E-state index in [4.69, 9.17) is 11.6 Å². The third-order valence-corrected chi connectivity index (χ3v) is 10.6. The zero-order valence-corrected chi connectivity index (χ0v) is 20.0. The molecule has 4 aliphatic rings. The topological polar surface area (TPSA) is 0 Å². The molecule has 0 spiro atoms. The summed E-state index contributed by atoms with van der Waals surface area (Å²) < 4.78 is 0. The van der Waals surface area contributed by atoms with E-state index < -0.39 is 0 Å². The van der Waals surface area contributed by atoms with Crippen LogP contribution in [0.4, 0.5) is 0 Å². The van der Waals surface area contributed by atoms with Crippen molar-refractivity contribution in [1.82, 2.24) is 0 Å². The number of rotatable bonds is 5. The minimum absolute atomic E-state index is 0.396. The number of allylic oxidation sites excluding steroid dienone is 2. The van der Waals surface area contributed by atoms with Crippen molar-refractivity contribution < 1.29 is 0 Å². The van der Waals surface area contributed by atoms with Gasteiger partial charge in [-0.3, -0.25) is 0 Å². The summed E-state index contributed by atoms with van der Waals surface area (Å²) in [5.74, 6) is 5.62. The molecule has 0 amide bonds. The fraction of sp³-hybridized carbons (Fsp3) is 0.926. The van der Waals surface area contributed by atoms with Gasteiger partial charge < -0.3 is 0 Å². The first-order valence-electron chi connectivity index (χ1n) is 12.6. The van der Waals surface area contributed by atoms with Crippen LogP contribution < -0.4 is 0 Å². The molecular weight excluding hydrogens is 360 g/mol. The number of alkyl halides is 1. The fourth-order valence-corrected chi connectivity index (χ4v) is 8.92. The Morgan fingerprint density at radius 2 is 1.79 bits per heavy atom. The van der Waals surface area contributed by atoms with Gasteiger partial charge in [-0.25, -0.2) is 0 Å². The van der Waals surface area contributed by atoms with E-state index in [0.717, 1.165) is 35.5 Å². The Labute approximate surface area is 180 Å². The average molecular weight is 405 g/mol. The normalized spacial score (nSPS) is 46.5. The summed E-state index contributed by atoms with van der Waals surface area (Å²) in [7, 11) is 0. The largest absolute Gasteiger partial charge is 0.123 e. The van der Waals surface area contributed by atoms with Crippen molar-refractivity contribution in [1.29, 1.82) is 0 Å². The van der Waals surface area contributed by atoms with Gasteiger partial charge in [-0.1, -0.05) is 65.5 Å². The van der Waals surface area contributed by atoms with Crippen LogP contribution in [-0.2, 0) is 0 Å². The fourth-order valence-electron chi connectivity index (χ4n) is 8.64. The summed E-state index contributed by atoms with van der Waals surface area (Å²) in [6, 6.07) is 0. The third-order valence-electron chi connectivity index (χ3n) is 10.2. The zero-order valence-electron chi connectivity index (χ0n) is 19.3. The number of hydrogen-bond acceptors (Lipinski definition) is 0.